The third-order valence-electron chi connectivity index (χ3n) is 2.74. The van der Waals surface area contributed by atoms with Crippen molar-refractivity contribution in [1.82, 2.24) is 4.57 Å². The summed E-state index contributed by atoms with van der Waals surface area (Å²) in [6.45, 7) is 2.96. The molecule has 2 aromatic rings. The van der Waals surface area contributed by atoms with Gasteiger partial charge in [0.15, 0.2) is 0 Å². The summed E-state index contributed by atoms with van der Waals surface area (Å²) in [6.07, 6.45) is 1.74. The van der Waals surface area contributed by atoms with Gasteiger partial charge in [-0.3, -0.25) is 4.79 Å². The zero-order valence-electron chi connectivity index (χ0n) is 10.5. The third kappa shape index (κ3) is 3.58. The van der Waals surface area contributed by atoms with Crippen molar-refractivity contribution in [1.29, 1.82) is 0 Å². The number of pyridine rings is 1. The molecule has 5 heteroatoms. The molecule has 0 bridgehead atoms. The molecule has 1 aromatic carbocycles. The molecule has 19 heavy (non-hydrogen) atoms. The van der Waals surface area contributed by atoms with E-state index in [1.807, 2.05) is 6.92 Å². The van der Waals surface area contributed by atoms with Crippen molar-refractivity contribution in [3.8, 4) is 0 Å². The average molecular weight is 281 g/mol. The van der Waals surface area contributed by atoms with E-state index < -0.39 is 0 Å². The van der Waals surface area contributed by atoms with Crippen LogP contribution in [0.25, 0.3) is 0 Å². The summed E-state index contributed by atoms with van der Waals surface area (Å²) >= 11 is 5.79. The Kier molecular flexibility index (Phi) is 4.22. The fourth-order valence-corrected chi connectivity index (χ4v) is 2.04. The quantitative estimate of drug-likeness (QED) is 0.933. The number of aryl methyl sites for hydroxylation is 1. The van der Waals surface area contributed by atoms with Gasteiger partial charge < -0.3 is 9.88 Å². The first-order valence-electron chi connectivity index (χ1n) is 5.98. The van der Waals surface area contributed by atoms with Crippen LogP contribution in [0.5, 0.6) is 0 Å². The van der Waals surface area contributed by atoms with Crippen molar-refractivity contribution in [3.05, 3.63) is 63.3 Å². The van der Waals surface area contributed by atoms with E-state index in [9.17, 15) is 9.18 Å². The number of nitrogens with one attached hydrogen (secondary N) is 1. The topological polar surface area (TPSA) is 34.0 Å². The van der Waals surface area contributed by atoms with Crippen LogP contribution < -0.4 is 10.9 Å². The highest BCUT2D eigenvalue weighted by Gasteiger charge is 2.01. The smallest absolute Gasteiger partial charge is 0.250 e. The number of aromatic nitrogens is 1. The van der Waals surface area contributed by atoms with Gasteiger partial charge in [-0.2, -0.15) is 0 Å². The van der Waals surface area contributed by atoms with Gasteiger partial charge in [-0.05, 0) is 36.8 Å². The molecule has 0 spiro atoms. The predicted octanol–water partition coefficient (Wildman–Crippen LogP) is 3.27. The average Bonchev–Trinajstić information content (AvgIpc) is 2.36. The Hall–Kier alpha value is -1.81. The summed E-state index contributed by atoms with van der Waals surface area (Å²) in [4.78, 5) is 11.4. The first-order chi connectivity index (χ1) is 9.08. The molecule has 0 amide bonds. The lowest BCUT2D eigenvalue weighted by Gasteiger charge is -2.09. The van der Waals surface area contributed by atoms with Crippen LogP contribution in [0.1, 0.15) is 12.5 Å². The molecule has 0 aliphatic carbocycles. The number of nitrogens with zero attached hydrogens (tertiary/aromatic N) is 1. The molecule has 0 unspecified atom stereocenters. The van der Waals surface area contributed by atoms with Gasteiger partial charge in [0.25, 0.3) is 5.56 Å². The first-order valence-corrected chi connectivity index (χ1v) is 6.35. The van der Waals surface area contributed by atoms with Crippen LogP contribution in [-0.2, 0) is 13.1 Å². The van der Waals surface area contributed by atoms with Crippen molar-refractivity contribution in [2.75, 3.05) is 5.32 Å². The summed E-state index contributed by atoms with van der Waals surface area (Å²) in [7, 11) is 0. The Bertz CT molecular complexity index is 619. The van der Waals surface area contributed by atoms with Crippen molar-refractivity contribution >= 4 is 17.3 Å². The fourth-order valence-electron chi connectivity index (χ4n) is 1.80. The van der Waals surface area contributed by atoms with E-state index in [4.69, 9.17) is 11.6 Å². The Labute approximate surface area is 115 Å². The highest BCUT2D eigenvalue weighted by atomic mass is 35.5. The summed E-state index contributed by atoms with van der Waals surface area (Å²) in [6, 6.07) is 7.60. The second kappa shape index (κ2) is 5.89. The predicted molar refractivity (Wildman–Crippen MR) is 75.1 cm³/mol. The number of hydrogen-bond donors (Lipinski definition) is 1. The normalized spacial score (nSPS) is 10.5. The number of halogens is 2. The van der Waals surface area contributed by atoms with Gasteiger partial charge in [-0.25, -0.2) is 4.39 Å². The number of benzene rings is 1. The molecule has 100 valence electrons. The van der Waals surface area contributed by atoms with Gasteiger partial charge in [0.1, 0.15) is 5.82 Å². The van der Waals surface area contributed by atoms with Crippen LogP contribution in [0.4, 0.5) is 10.1 Å². The monoisotopic (exact) mass is 280 g/mol. The Balaban J connectivity index is 2.12. The molecule has 2 rings (SSSR count). The molecule has 0 radical (unpaired) electrons. The summed E-state index contributed by atoms with van der Waals surface area (Å²) in [5.74, 6) is -0.358. The second-order valence-electron chi connectivity index (χ2n) is 4.17. The molecule has 1 N–H and O–H groups in total. The number of hydrogen-bond acceptors (Lipinski definition) is 2. The van der Waals surface area contributed by atoms with Gasteiger partial charge >= 0.3 is 0 Å². The van der Waals surface area contributed by atoms with E-state index in [2.05, 4.69) is 5.32 Å². The van der Waals surface area contributed by atoms with E-state index in [0.717, 1.165) is 11.3 Å². The molecule has 0 aliphatic heterocycles. The van der Waals surface area contributed by atoms with Crippen molar-refractivity contribution in [2.45, 2.75) is 20.0 Å². The fraction of sp³-hybridized carbons (Fsp3) is 0.214. The zero-order chi connectivity index (χ0) is 13.8. The summed E-state index contributed by atoms with van der Waals surface area (Å²) < 4.78 is 14.8. The van der Waals surface area contributed by atoms with E-state index in [-0.39, 0.29) is 11.4 Å². The maximum absolute atomic E-state index is 13.2. The number of rotatable bonds is 4. The Morgan fingerprint density at radius 1 is 1.32 bits per heavy atom. The minimum atomic E-state index is -0.358. The third-order valence-corrected chi connectivity index (χ3v) is 2.96. The molecule has 1 heterocycles. The molecule has 3 nitrogen and oxygen atoms in total. The van der Waals surface area contributed by atoms with Crippen LogP contribution in [0.3, 0.4) is 0 Å². The lowest BCUT2D eigenvalue weighted by Crippen LogP contribution is -2.17. The molecular weight excluding hydrogens is 267 g/mol. The minimum absolute atomic E-state index is 0.0400. The maximum atomic E-state index is 13.2. The van der Waals surface area contributed by atoms with Gasteiger partial charge in [0.2, 0.25) is 0 Å². The lowest BCUT2D eigenvalue weighted by molar-refractivity contribution is 0.626. The lowest BCUT2D eigenvalue weighted by atomic mass is 10.2. The van der Waals surface area contributed by atoms with Crippen molar-refractivity contribution < 1.29 is 4.39 Å². The highest BCUT2D eigenvalue weighted by molar-refractivity contribution is 6.30. The first kappa shape index (κ1) is 13.6. The van der Waals surface area contributed by atoms with Gasteiger partial charge in [-0.15, -0.1) is 0 Å². The number of anilines is 1. The molecule has 0 atom stereocenters. The van der Waals surface area contributed by atoms with E-state index >= 15 is 0 Å². The van der Waals surface area contributed by atoms with Gasteiger partial charge in [0.05, 0.1) is 5.69 Å². The van der Waals surface area contributed by atoms with Crippen LogP contribution >= 0.6 is 11.6 Å². The molecular formula is C14H14ClFN2O. The minimum Gasteiger partial charge on any atom is -0.380 e. The van der Waals surface area contributed by atoms with E-state index in [1.165, 1.54) is 18.2 Å². The summed E-state index contributed by atoms with van der Waals surface area (Å²) in [5.41, 5.74) is 1.52. The van der Waals surface area contributed by atoms with E-state index in [1.54, 1.807) is 22.9 Å². The molecule has 1 aromatic heterocycles. The van der Waals surface area contributed by atoms with Crippen LogP contribution in [0, 0.1) is 5.82 Å². The summed E-state index contributed by atoms with van der Waals surface area (Å²) in [5, 5.41) is 3.50. The largest absolute Gasteiger partial charge is 0.380 e. The van der Waals surface area contributed by atoms with Crippen LogP contribution in [0.2, 0.25) is 5.02 Å². The second-order valence-corrected chi connectivity index (χ2v) is 4.61. The molecule has 0 saturated heterocycles. The van der Waals surface area contributed by atoms with E-state index in [0.29, 0.717) is 18.1 Å². The van der Waals surface area contributed by atoms with Gasteiger partial charge in [-0.1, -0.05) is 11.6 Å². The van der Waals surface area contributed by atoms with Crippen LogP contribution in [-0.4, -0.2) is 4.57 Å². The Morgan fingerprint density at radius 3 is 2.79 bits per heavy atom. The van der Waals surface area contributed by atoms with Crippen molar-refractivity contribution in [3.63, 3.8) is 0 Å². The van der Waals surface area contributed by atoms with Gasteiger partial charge in [0, 0.05) is 30.4 Å². The van der Waals surface area contributed by atoms with Crippen LogP contribution in [0.15, 0.2) is 41.3 Å². The molecule has 0 fully saturated rings. The SMILES string of the molecule is CCn1cc(NCc2cc(F)cc(Cl)c2)ccc1=O. The van der Waals surface area contributed by atoms with Crippen molar-refractivity contribution in [2.24, 2.45) is 0 Å². The highest BCUT2D eigenvalue weighted by Crippen LogP contribution is 2.15. The maximum Gasteiger partial charge on any atom is 0.250 e. The Morgan fingerprint density at radius 2 is 2.11 bits per heavy atom. The molecule has 0 saturated carbocycles. The standard InChI is InChI=1S/C14H14ClFN2O/c1-2-18-9-13(3-4-14(18)19)17-8-10-5-11(15)7-12(16)6-10/h3-7,9,17H,2,8H2,1H3. The zero-order valence-corrected chi connectivity index (χ0v) is 11.2. The molecule has 0 aliphatic rings.